The number of aryl methyl sites for hydroxylation is 1. The highest BCUT2D eigenvalue weighted by molar-refractivity contribution is 9.10. The first-order valence-electron chi connectivity index (χ1n) is 10.3. The normalized spacial score (nSPS) is 12.2. The molecule has 0 radical (unpaired) electrons. The predicted molar refractivity (Wildman–Crippen MR) is 128 cm³/mol. The first-order chi connectivity index (χ1) is 14.5. The molecular weight excluding hydrogens is 480 g/mol. The highest BCUT2D eigenvalue weighted by Crippen LogP contribution is 2.26. The molecule has 5 nitrogen and oxygen atoms in total. The molecule has 0 aliphatic carbocycles. The molecular formula is C24H30BrClN2O3. The molecule has 2 aromatic rings. The summed E-state index contributed by atoms with van der Waals surface area (Å²) in [6.07, 6.45) is 0.908. The summed E-state index contributed by atoms with van der Waals surface area (Å²) in [7, 11) is 0. The smallest absolute Gasteiger partial charge is 0.261 e. The molecule has 2 amide bonds. The van der Waals surface area contributed by atoms with Gasteiger partial charge in [0.05, 0.1) is 4.47 Å². The lowest BCUT2D eigenvalue weighted by molar-refractivity contribution is -0.142. The summed E-state index contributed by atoms with van der Waals surface area (Å²) in [5, 5.41) is 3.52. The molecule has 0 bridgehead atoms. The third kappa shape index (κ3) is 7.86. The minimum atomic E-state index is -0.680. The van der Waals surface area contributed by atoms with Crippen molar-refractivity contribution in [3.8, 4) is 5.75 Å². The fourth-order valence-electron chi connectivity index (χ4n) is 2.99. The summed E-state index contributed by atoms with van der Waals surface area (Å²) >= 11 is 9.60. The number of rotatable bonds is 8. The third-order valence-corrected chi connectivity index (χ3v) is 5.52. The second-order valence-corrected chi connectivity index (χ2v) is 9.76. The molecule has 0 heterocycles. The lowest BCUT2D eigenvalue weighted by atomic mass is 10.1. The van der Waals surface area contributed by atoms with Crippen LogP contribution >= 0.6 is 27.5 Å². The molecule has 0 aliphatic rings. The van der Waals surface area contributed by atoms with E-state index in [4.69, 9.17) is 16.3 Å². The van der Waals surface area contributed by atoms with Crippen LogP contribution < -0.4 is 10.1 Å². The van der Waals surface area contributed by atoms with Crippen molar-refractivity contribution in [1.82, 2.24) is 10.2 Å². The molecule has 0 aliphatic heterocycles. The second-order valence-electron chi connectivity index (χ2n) is 8.47. The van der Waals surface area contributed by atoms with E-state index in [0.717, 1.165) is 16.5 Å². The van der Waals surface area contributed by atoms with Crippen LogP contribution in [-0.2, 0) is 22.6 Å². The number of halogens is 2. The Morgan fingerprint density at radius 1 is 1.16 bits per heavy atom. The van der Waals surface area contributed by atoms with Gasteiger partial charge in [-0.05, 0) is 85.4 Å². The van der Waals surface area contributed by atoms with Crippen LogP contribution in [0.1, 0.15) is 45.7 Å². The molecule has 0 saturated carbocycles. The first-order valence-corrected chi connectivity index (χ1v) is 11.4. The molecule has 2 aromatic carbocycles. The summed E-state index contributed by atoms with van der Waals surface area (Å²) in [5.74, 6) is 0.0689. The maximum atomic E-state index is 13.1. The lowest BCUT2D eigenvalue weighted by Crippen LogP contribution is -2.53. The summed E-state index contributed by atoms with van der Waals surface area (Å²) in [5.41, 5.74) is 1.60. The van der Waals surface area contributed by atoms with Crippen molar-refractivity contribution in [2.75, 3.05) is 6.61 Å². The third-order valence-electron chi connectivity index (χ3n) is 4.66. The Kier molecular flexibility index (Phi) is 8.95. The maximum Gasteiger partial charge on any atom is 0.261 e. The molecule has 1 atom stereocenters. The monoisotopic (exact) mass is 508 g/mol. The molecule has 2 rings (SSSR count). The molecule has 31 heavy (non-hydrogen) atoms. The number of hydrogen-bond acceptors (Lipinski definition) is 3. The number of ether oxygens (including phenoxy) is 1. The fourth-order valence-corrected chi connectivity index (χ4v) is 3.75. The quantitative estimate of drug-likeness (QED) is 0.520. The van der Waals surface area contributed by atoms with E-state index in [1.807, 2.05) is 51.1 Å². The van der Waals surface area contributed by atoms with Gasteiger partial charge in [0, 0.05) is 17.1 Å². The Bertz CT molecular complexity index is 927. The number of hydrogen-bond donors (Lipinski definition) is 1. The van der Waals surface area contributed by atoms with Gasteiger partial charge < -0.3 is 15.0 Å². The summed E-state index contributed by atoms with van der Waals surface area (Å²) in [6.45, 7) is 9.57. The first kappa shape index (κ1) is 25.2. The van der Waals surface area contributed by atoms with Gasteiger partial charge >= 0.3 is 0 Å². The predicted octanol–water partition coefficient (Wildman–Crippen LogP) is 5.38. The standard InChI is InChI=1S/C24H30BrClN2O3/c1-6-17-10-11-21(20(25)13-17)31-15-22(29)28(14-18-8-7-9-19(26)12-18)16(2)23(30)27-24(3,4)5/h7-13,16H,6,14-15H2,1-5H3,(H,27,30)/t16-/m1/s1. The second kappa shape index (κ2) is 11.0. The van der Waals surface area contributed by atoms with Gasteiger partial charge in [-0.25, -0.2) is 0 Å². The van der Waals surface area contributed by atoms with Crippen molar-refractivity contribution >= 4 is 39.3 Å². The summed E-state index contributed by atoms with van der Waals surface area (Å²) in [6, 6.07) is 12.4. The summed E-state index contributed by atoms with van der Waals surface area (Å²) in [4.78, 5) is 27.4. The Labute approximate surface area is 198 Å². The van der Waals surface area contributed by atoms with E-state index >= 15 is 0 Å². The molecule has 0 spiro atoms. The molecule has 0 fully saturated rings. The van der Waals surface area contributed by atoms with E-state index in [9.17, 15) is 9.59 Å². The van der Waals surface area contributed by atoms with Crippen molar-refractivity contribution < 1.29 is 14.3 Å². The van der Waals surface area contributed by atoms with E-state index in [-0.39, 0.29) is 25.0 Å². The Balaban J connectivity index is 2.19. The molecule has 0 saturated heterocycles. The topological polar surface area (TPSA) is 58.6 Å². The lowest BCUT2D eigenvalue weighted by Gasteiger charge is -2.31. The van der Waals surface area contributed by atoms with Crippen molar-refractivity contribution in [1.29, 1.82) is 0 Å². The van der Waals surface area contributed by atoms with Crippen molar-refractivity contribution in [2.24, 2.45) is 0 Å². The Morgan fingerprint density at radius 3 is 2.45 bits per heavy atom. The Morgan fingerprint density at radius 2 is 1.87 bits per heavy atom. The van der Waals surface area contributed by atoms with Crippen molar-refractivity contribution in [2.45, 2.75) is 59.2 Å². The van der Waals surface area contributed by atoms with E-state index in [0.29, 0.717) is 10.8 Å². The number of nitrogens with zero attached hydrogens (tertiary/aromatic N) is 1. The molecule has 0 aromatic heterocycles. The van der Waals surface area contributed by atoms with Crippen LogP contribution in [0.4, 0.5) is 0 Å². The van der Waals surface area contributed by atoms with E-state index in [1.54, 1.807) is 19.1 Å². The zero-order valence-corrected chi connectivity index (χ0v) is 21.0. The van der Waals surface area contributed by atoms with Crippen LogP contribution in [0, 0.1) is 0 Å². The molecule has 0 unspecified atom stereocenters. The largest absolute Gasteiger partial charge is 0.483 e. The number of amides is 2. The van der Waals surface area contributed by atoms with Crippen molar-refractivity contribution in [3.05, 3.63) is 63.1 Å². The maximum absolute atomic E-state index is 13.1. The average molecular weight is 510 g/mol. The number of carbonyl (C=O) groups is 2. The number of carbonyl (C=O) groups excluding carboxylic acids is 2. The van der Waals surface area contributed by atoms with E-state index < -0.39 is 11.6 Å². The molecule has 1 N–H and O–H groups in total. The van der Waals surface area contributed by atoms with Gasteiger partial charge in [-0.1, -0.05) is 36.7 Å². The van der Waals surface area contributed by atoms with Gasteiger partial charge in [0.2, 0.25) is 5.91 Å². The molecule has 168 valence electrons. The Hall–Kier alpha value is -2.05. The van der Waals surface area contributed by atoms with Gasteiger partial charge in [0.1, 0.15) is 11.8 Å². The van der Waals surface area contributed by atoms with Gasteiger partial charge in [-0.2, -0.15) is 0 Å². The van der Waals surface area contributed by atoms with E-state index in [1.165, 1.54) is 10.5 Å². The molecule has 7 heteroatoms. The average Bonchev–Trinajstić information content (AvgIpc) is 2.69. The van der Waals surface area contributed by atoms with Crippen LogP contribution in [0.2, 0.25) is 5.02 Å². The zero-order chi connectivity index (χ0) is 23.2. The van der Waals surface area contributed by atoms with Gasteiger partial charge in [-0.15, -0.1) is 0 Å². The highest BCUT2D eigenvalue weighted by atomic mass is 79.9. The van der Waals surface area contributed by atoms with Crippen LogP contribution in [0.25, 0.3) is 0 Å². The van der Waals surface area contributed by atoms with Crippen LogP contribution in [-0.4, -0.2) is 34.9 Å². The minimum Gasteiger partial charge on any atom is -0.483 e. The summed E-state index contributed by atoms with van der Waals surface area (Å²) < 4.78 is 6.57. The zero-order valence-electron chi connectivity index (χ0n) is 18.7. The van der Waals surface area contributed by atoms with Gasteiger partial charge in [0.15, 0.2) is 6.61 Å². The van der Waals surface area contributed by atoms with Crippen LogP contribution in [0.3, 0.4) is 0 Å². The SMILES string of the molecule is CCc1ccc(OCC(=O)N(Cc2cccc(Cl)c2)[C@H](C)C(=O)NC(C)(C)C)c(Br)c1. The number of benzene rings is 2. The van der Waals surface area contributed by atoms with Gasteiger partial charge in [0.25, 0.3) is 5.91 Å². The number of nitrogens with one attached hydrogen (secondary N) is 1. The van der Waals surface area contributed by atoms with Gasteiger partial charge in [-0.3, -0.25) is 9.59 Å². The van der Waals surface area contributed by atoms with Crippen LogP contribution in [0.5, 0.6) is 5.75 Å². The minimum absolute atomic E-state index is 0.183. The van der Waals surface area contributed by atoms with Crippen molar-refractivity contribution in [3.63, 3.8) is 0 Å². The highest BCUT2D eigenvalue weighted by Gasteiger charge is 2.28. The van der Waals surface area contributed by atoms with E-state index in [2.05, 4.69) is 28.2 Å². The van der Waals surface area contributed by atoms with Crippen LogP contribution in [0.15, 0.2) is 46.9 Å². The fraction of sp³-hybridized carbons (Fsp3) is 0.417.